The normalized spacial score (nSPS) is 10.2. The standard InChI is InChI=1S/C19H18N4O/c1-13(24)22-16-9-7-14(8-10-16)15-4-2-5-17(12-15)23-19-18(20)6-3-11-21-19/h2-12H,20H2,1H3,(H,21,23)(H,22,24). The van der Waals surface area contributed by atoms with Gasteiger partial charge in [-0.25, -0.2) is 4.98 Å². The lowest BCUT2D eigenvalue weighted by Gasteiger charge is -2.10. The van der Waals surface area contributed by atoms with Gasteiger partial charge in [0.1, 0.15) is 0 Å². The molecule has 3 rings (SSSR count). The quantitative estimate of drug-likeness (QED) is 0.678. The summed E-state index contributed by atoms with van der Waals surface area (Å²) >= 11 is 0. The molecule has 0 fully saturated rings. The first-order valence-electron chi connectivity index (χ1n) is 7.57. The number of nitrogens with one attached hydrogen (secondary N) is 2. The zero-order valence-corrected chi connectivity index (χ0v) is 13.3. The molecular weight excluding hydrogens is 300 g/mol. The van der Waals surface area contributed by atoms with E-state index in [0.29, 0.717) is 11.5 Å². The average Bonchev–Trinajstić information content (AvgIpc) is 2.57. The second-order valence-electron chi connectivity index (χ2n) is 5.41. The van der Waals surface area contributed by atoms with Crippen LogP contribution in [0.1, 0.15) is 6.92 Å². The molecule has 0 spiro atoms. The van der Waals surface area contributed by atoms with Gasteiger partial charge in [0.05, 0.1) is 5.69 Å². The topological polar surface area (TPSA) is 80.0 Å². The first-order chi connectivity index (χ1) is 11.6. The van der Waals surface area contributed by atoms with E-state index in [2.05, 4.69) is 15.6 Å². The minimum Gasteiger partial charge on any atom is -0.396 e. The van der Waals surface area contributed by atoms with Crippen LogP contribution in [0.15, 0.2) is 66.9 Å². The number of nitrogen functional groups attached to an aromatic ring is 1. The average molecular weight is 318 g/mol. The highest BCUT2D eigenvalue weighted by Crippen LogP contribution is 2.26. The number of anilines is 4. The second-order valence-corrected chi connectivity index (χ2v) is 5.41. The molecule has 1 aromatic heterocycles. The van der Waals surface area contributed by atoms with Crippen LogP contribution >= 0.6 is 0 Å². The van der Waals surface area contributed by atoms with Crippen molar-refractivity contribution in [2.24, 2.45) is 0 Å². The van der Waals surface area contributed by atoms with Gasteiger partial charge in [-0.2, -0.15) is 0 Å². The zero-order chi connectivity index (χ0) is 16.9. The molecule has 0 aliphatic carbocycles. The fraction of sp³-hybridized carbons (Fsp3) is 0.0526. The highest BCUT2D eigenvalue weighted by atomic mass is 16.1. The Morgan fingerprint density at radius 2 is 1.75 bits per heavy atom. The molecule has 0 atom stereocenters. The van der Waals surface area contributed by atoms with Crippen molar-refractivity contribution in [3.8, 4) is 11.1 Å². The Bertz CT molecular complexity index is 859. The molecule has 0 radical (unpaired) electrons. The van der Waals surface area contributed by atoms with Crippen molar-refractivity contribution in [2.45, 2.75) is 6.92 Å². The van der Waals surface area contributed by atoms with Crippen LogP contribution < -0.4 is 16.4 Å². The molecule has 1 amide bonds. The Morgan fingerprint density at radius 1 is 0.958 bits per heavy atom. The van der Waals surface area contributed by atoms with Crippen molar-refractivity contribution in [2.75, 3.05) is 16.4 Å². The van der Waals surface area contributed by atoms with E-state index in [1.807, 2.05) is 48.5 Å². The first-order valence-corrected chi connectivity index (χ1v) is 7.57. The Balaban J connectivity index is 1.82. The Labute approximate surface area is 140 Å². The molecule has 0 aliphatic heterocycles. The fourth-order valence-corrected chi connectivity index (χ4v) is 2.38. The van der Waals surface area contributed by atoms with E-state index in [1.165, 1.54) is 6.92 Å². The van der Waals surface area contributed by atoms with Crippen LogP contribution in [0.25, 0.3) is 11.1 Å². The summed E-state index contributed by atoms with van der Waals surface area (Å²) in [7, 11) is 0. The van der Waals surface area contributed by atoms with Crippen molar-refractivity contribution in [3.05, 3.63) is 66.9 Å². The van der Waals surface area contributed by atoms with Gasteiger partial charge in [-0.05, 0) is 47.5 Å². The maximum absolute atomic E-state index is 11.1. The predicted octanol–water partition coefficient (Wildman–Crippen LogP) is 4.03. The van der Waals surface area contributed by atoms with Gasteiger partial charge in [0.2, 0.25) is 5.91 Å². The van der Waals surface area contributed by atoms with Gasteiger partial charge in [0, 0.05) is 24.5 Å². The van der Waals surface area contributed by atoms with E-state index < -0.39 is 0 Å². The molecule has 0 aliphatic rings. The highest BCUT2D eigenvalue weighted by Gasteiger charge is 2.03. The second kappa shape index (κ2) is 6.83. The summed E-state index contributed by atoms with van der Waals surface area (Å²) in [4.78, 5) is 15.3. The third-order valence-electron chi connectivity index (χ3n) is 3.50. The van der Waals surface area contributed by atoms with E-state index in [-0.39, 0.29) is 5.91 Å². The van der Waals surface area contributed by atoms with Crippen molar-refractivity contribution in [1.82, 2.24) is 4.98 Å². The monoisotopic (exact) mass is 318 g/mol. The number of nitrogens with zero attached hydrogens (tertiary/aromatic N) is 1. The smallest absolute Gasteiger partial charge is 0.221 e. The summed E-state index contributed by atoms with van der Waals surface area (Å²) < 4.78 is 0. The van der Waals surface area contributed by atoms with Gasteiger partial charge in [0.15, 0.2) is 5.82 Å². The molecule has 3 aromatic rings. The molecule has 1 heterocycles. The van der Waals surface area contributed by atoms with Crippen molar-refractivity contribution < 1.29 is 4.79 Å². The fourth-order valence-electron chi connectivity index (χ4n) is 2.38. The molecule has 5 heteroatoms. The van der Waals surface area contributed by atoms with Gasteiger partial charge < -0.3 is 16.4 Å². The third-order valence-corrected chi connectivity index (χ3v) is 3.50. The van der Waals surface area contributed by atoms with Gasteiger partial charge in [-0.3, -0.25) is 4.79 Å². The Kier molecular flexibility index (Phi) is 4.43. The largest absolute Gasteiger partial charge is 0.396 e. The minimum atomic E-state index is -0.0816. The molecule has 0 saturated carbocycles. The van der Waals surface area contributed by atoms with Crippen LogP contribution in [0.3, 0.4) is 0 Å². The van der Waals surface area contributed by atoms with Crippen LogP contribution in [0.2, 0.25) is 0 Å². The van der Waals surface area contributed by atoms with Gasteiger partial charge in [-0.15, -0.1) is 0 Å². The number of hydrogen-bond acceptors (Lipinski definition) is 4. The molecule has 24 heavy (non-hydrogen) atoms. The summed E-state index contributed by atoms with van der Waals surface area (Å²) in [5.41, 5.74) is 10.3. The SMILES string of the molecule is CC(=O)Nc1ccc(-c2cccc(Nc3ncccc3N)c2)cc1. The number of rotatable bonds is 4. The van der Waals surface area contributed by atoms with E-state index in [4.69, 9.17) is 5.73 Å². The third kappa shape index (κ3) is 3.70. The summed E-state index contributed by atoms with van der Waals surface area (Å²) in [5, 5.41) is 5.99. The predicted molar refractivity (Wildman–Crippen MR) is 98.1 cm³/mol. The van der Waals surface area contributed by atoms with Crippen LogP contribution in [-0.4, -0.2) is 10.9 Å². The van der Waals surface area contributed by atoms with Crippen molar-refractivity contribution >= 4 is 28.8 Å². The molecule has 0 bridgehead atoms. The van der Waals surface area contributed by atoms with Gasteiger partial charge in [0.25, 0.3) is 0 Å². The van der Waals surface area contributed by atoms with Crippen LogP contribution in [-0.2, 0) is 4.79 Å². The first kappa shape index (κ1) is 15.6. The lowest BCUT2D eigenvalue weighted by Crippen LogP contribution is -2.05. The minimum absolute atomic E-state index is 0.0816. The summed E-state index contributed by atoms with van der Waals surface area (Å²) in [6, 6.07) is 19.3. The molecule has 5 nitrogen and oxygen atoms in total. The van der Waals surface area contributed by atoms with E-state index in [0.717, 1.165) is 22.5 Å². The van der Waals surface area contributed by atoms with E-state index in [1.54, 1.807) is 18.3 Å². The maximum atomic E-state index is 11.1. The zero-order valence-electron chi connectivity index (χ0n) is 13.3. The molecule has 4 N–H and O–H groups in total. The van der Waals surface area contributed by atoms with Crippen LogP contribution in [0.4, 0.5) is 22.9 Å². The number of carbonyl (C=O) groups is 1. The number of aromatic nitrogens is 1. The number of hydrogen-bond donors (Lipinski definition) is 3. The number of pyridine rings is 1. The Morgan fingerprint density at radius 3 is 2.46 bits per heavy atom. The lowest BCUT2D eigenvalue weighted by molar-refractivity contribution is -0.114. The van der Waals surface area contributed by atoms with E-state index in [9.17, 15) is 4.79 Å². The van der Waals surface area contributed by atoms with Crippen molar-refractivity contribution in [1.29, 1.82) is 0 Å². The molecule has 120 valence electrons. The van der Waals surface area contributed by atoms with Gasteiger partial charge in [-0.1, -0.05) is 24.3 Å². The van der Waals surface area contributed by atoms with Gasteiger partial charge >= 0.3 is 0 Å². The summed E-state index contributed by atoms with van der Waals surface area (Å²) in [6.45, 7) is 1.49. The number of benzene rings is 2. The lowest BCUT2D eigenvalue weighted by atomic mass is 10.0. The summed E-state index contributed by atoms with van der Waals surface area (Å²) in [5.74, 6) is 0.553. The number of carbonyl (C=O) groups excluding carboxylic acids is 1. The molecule has 2 aromatic carbocycles. The van der Waals surface area contributed by atoms with Crippen LogP contribution in [0.5, 0.6) is 0 Å². The van der Waals surface area contributed by atoms with Crippen molar-refractivity contribution in [3.63, 3.8) is 0 Å². The molecular formula is C19H18N4O. The molecule has 0 saturated heterocycles. The number of nitrogens with two attached hydrogens (primary N) is 1. The molecule has 0 unspecified atom stereocenters. The number of amides is 1. The summed E-state index contributed by atoms with van der Waals surface area (Å²) in [6.07, 6.45) is 1.70. The Hall–Kier alpha value is -3.34. The highest BCUT2D eigenvalue weighted by molar-refractivity contribution is 5.89. The van der Waals surface area contributed by atoms with E-state index >= 15 is 0 Å². The van der Waals surface area contributed by atoms with Crippen LogP contribution in [0, 0.1) is 0 Å². The maximum Gasteiger partial charge on any atom is 0.221 e.